The van der Waals surface area contributed by atoms with Crippen molar-refractivity contribution in [3.63, 3.8) is 0 Å². The minimum atomic E-state index is 0.432. The molecule has 0 aromatic rings. The fourth-order valence-corrected chi connectivity index (χ4v) is 6.57. The van der Waals surface area contributed by atoms with E-state index in [9.17, 15) is 0 Å². The SMILES string of the molecule is CC(=NCC1CCCCC1)C1CCCC(C(C)=NC2C(C(C)C)CCCC2C(C)C)N1. The van der Waals surface area contributed by atoms with Gasteiger partial charge in [-0.2, -0.15) is 0 Å². The van der Waals surface area contributed by atoms with Gasteiger partial charge in [0.25, 0.3) is 0 Å². The van der Waals surface area contributed by atoms with Crippen LogP contribution in [0.5, 0.6) is 0 Å². The van der Waals surface area contributed by atoms with Crippen LogP contribution in [0.2, 0.25) is 0 Å². The van der Waals surface area contributed by atoms with Crippen LogP contribution < -0.4 is 5.32 Å². The van der Waals surface area contributed by atoms with E-state index >= 15 is 0 Å². The van der Waals surface area contributed by atoms with Crippen LogP contribution in [0, 0.1) is 29.6 Å². The van der Waals surface area contributed by atoms with Crippen LogP contribution in [0.4, 0.5) is 0 Å². The largest absolute Gasteiger partial charge is 0.301 e. The minimum absolute atomic E-state index is 0.432. The Morgan fingerprint density at radius 1 is 0.710 bits per heavy atom. The van der Waals surface area contributed by atoms with Crippen molar-refractivity contribution in [2.45, 2.75) is 130 Å². The highest BCUT2D eigenvalue weighted by atomic mass is 15.0. The van der Waals surface area contributed by atoms with Crippen LogP contribution in [-0.2, 0) is 0 Å². The first-order chi connectivity index (χ1) is 14.9. The summed E-state index contributed by atoms with van der Waals surface area (Å²) in [7, 11) is 0. The number of piperidine rings is 1. The summed E-state index contributed by atoms with van der Waals surface area (Å²) in [6.45, 7) is 15.3. The van der Waals surface area contributed by atoms with Crippen molar-refractivity contribution in [3.05, 3.63) is 0 Å². The molecule has 4 unspecified atom stereocenters. The molecule has 31 heavy (non-hydrogen) atoms. The van der Waals surface area contributed by atoms with Gasteiger partial charge in [-0.1, -0.05) is 53.4 Å². The molecule has 0 aromatic carbocycles. The molecule has 3 aliphatic rings. The van der Waals surface area contributed by atoms with Crippen molar-refractivity contribution >= 4 is 11.4 Å². The molecule has 3 heteroatoms. The predicted octanol–water partition coefficient (Wildman–Crippen LogP) is 7.10. The molecule has 1 heterocycles. The number of nitrogens with one attached hydrogen (secondary N) is 1. The van der Waals surface area contributed by atoms with E-state index in [0.29, 0.717) is 18.1 Å². The molecule has 1 saturated heterocycles. The third-order valence-corrected chi connectivity index (χ3v) is 8.74. The summed E-state index contributed by atoms with van der Waals surface area (Å²) in [5.41, 5.74) is 2.69. The van der Waals surface area contributed by atoms with Gasteiger partial charge >= 0.3 is 0 Å². The first-order valence-electron chi connectivity index (χ1n) is 13.7. The number of rotatable bonds is 7. The van der Waals surface area contributed by atoms with Gasteiger partial charge in [-0.15, -0.1) is 0 Å². The molecule has 3 nitrogen and oxygen atoms in total. The Hall–Kier alpha value is -0.700. The van der Waals surface area contributed by atoms with Gasteiger partial charge in [0.2, 0.25) is 0 Å². The predicted molar refractivity (Wildman–Crippen MR) is 137 cm³/mol. The van der Waals surface area contributed by atoms with Crippen LogP contribution in [0.15, 0.2) is 9.98 Å². The summed E-state index contributed by atoms with van der Waals surface area (Å²) in [6.07, 6.45) is 14.9. The van der Waals surface area contributed by atoms with Crippen LogP contribution in [0.3, 0.4) is 0 Å². The van der Waals surface area contributed by atoms with Crippen molar-refractivity contribution in [1.29, 1.82) is 0 Å². The Kier molecular flexibility index (Phi) is 9.62. The minimum Gasteiger partial charge on any atom is -0.301 e. The van der Waals surface area contributed by atoms with Crippen molar-refractivity contribution in [2.75, 3.05) is 6.54 Å². The molecule has 0 radical (unpaired) electrons. The number of hydrogen-bond acceptors (Lipinski definition) is 3. The summed E-state index contributed by atoms with van der Waals surface area (Å²) >= 11 is 0. The van der Waals surface area contributed by atoms with Crippen molar-refractivity contribution < 1.29 is 0 Å². The smallest absolute Gasteiger partial charge is 0.0560 e. The van der Waals surface area contributed by atoms with Crippen LogP contribution in [0.1, 0.15) is 112 Å². The van der Waals surface area contributed by atoms with E-state index in [0.717, 1.165) is 36.1 Å². The molecule has 2 saturated carbocycles. The first kappa shape index (κ1) is 24.9. The van der Waals surface area contributed by atoms with Crippen LogP contribution in [-0.4, -0.2) is 36.1 Å². The monoisotopic (exact) mass is 429 g/mol. The normalized spacial score (nSPS) is 34.5. The van der Waals surface area contributed by atoms with Gasteiger partial charge < -0.3 is 5.32 Å². The van der Waals surface area contributed by atoms with Gasteiger partial charge in [-0.25, -0.2) is 0 Å². The van der Waals surface area contributed by atoms with Gasteiger partial charge in [-0.05, 0) is 88.4 Å². The molecule has 1 aliphatic heterocycles. The Labute approximate surface area is 193 Å². The van der Waals surface area contributed by atoms with Gasteiger partial charge in [-0.3, -0.25) is 9.98 Å². The highest BCUT2D eigenvalue weighted by Gasteiger charge is 2.37. The summed E-state index contributed by atoms with van der Waals surface area (Å²) in [5, 5.41) is 3.96. The van der Waals surface area contributed by atoms with E-state index in [4.69, 9.17) is 9.98 Å². The zero-order valence-corrected chi connectivity index (χ0v) is 21.5. The van der Waals surface area contributed by atoms with Gasteiger partial charge in [0.1, 0.15) is 0 Å². The molecule has 0 aromatic heterocycles. The maximum atomic E-state index is 5.49. The highest BCUT2D eigenvalue weighted by Crippen LogP contribution is 2.40. The van der Waals surface area contributed by atoms with Crippen LogP contribution in [0.25, 0.3) is 0 Å². The Balaban J connectivity index is 1.65. The highest BCUT2D eigenvalue weighted by molar-refractivity contribution is 5.91. The molecule has 0 bridgehead atoms. The number of nitrogens with zero attached hydrogens (tertiary/aromatic N) is 2. The second-order valence-corrected chi connectivity index (χ2v) is 11.7. The molecule has 3 rings (SSSR count). The van der Waals surface area contributed by atoms with E-state index < -0.39 is 0 Å². The second kappa shape index (κ2) is 12.0. The number of aliphatic imine (C=N–C) groups is 2. The third-order valence-electron chi connectivity index (χ3n) is 8.74. The Bertz CT molecular complexity index is 583. The standard InChI is InChI=1S/C28H51N3/c1-19(2)24-14-10-15-25(20(3)4)28(24)30-22(6)27-17-11-16-26(31-27)21(5)29-18-23-12-8-7-9-13-23/h19-20,23-28,31H,7-18H2,1-6H3. The van der Waals surface area contributed by atoms with Crippen molar-refractivity contribution in [3.8, 4) is 0 Å². The maximum Gasteiger partial charge on any atom is 0.0560 e. The summed E-state index contributed by atoms with van der Waals surface area (Å²) in [5.74, 6) is 3.77. The van der Waals surface area contributed by atoms with E-state index in [2.05, 4.69) is 46.9 Å². The second-order valence-electron chi connectivity index (χ2n) is 11.7. The van der Waals surface area contributed by atoms with Crippen LogP contribution >= 0.6 is 0 Å². The van der Waals surface area contributed by atoms with E-state index in [-0.39, 0.29) is 0 Å². The Morgan fingerprint density at radius 2 is 1.26 bits per heavy atom. The molecular weight excluding hydrogens is 378 g/mol. The summed E-state index contributed by atoms with van der Waals surface area (Å²) < 4.78 is 0. The lowest BCUT2D eigenvalue weighted by molar-refractivity contribution is 0.142. The van der Waals surface area contributed by atoms with Gasteiger partial charge in [0, 0.05) is 30.1 Å². The molecule has 1 N–H and O–H groups in total. The molecule has 178 valence electrons. The first-order valence-corrected chi connectivity index (χ1v) is 13.7. The zero-order valence-electron chi connectivity index (χ0n) is 21.5. The fourth-order valence-electron chi connectivity index (χ4n) is 6.57. The molecule has 3 fully saturated rings. The Morgan fingerprint density at radius 3 is 1.84 bits per heavy atom. The van der Waals surface area contributed by atoms with Gasteiger partial charge in [0.05, 0.1) is 6.04 Å². The number of hydrogen-bond donors (Lipinski definition) is 1. The topological polar surface area (TPSA) is 36.8 Å². The van der Waals surface area contributed by atoms with Crippen molar-refractivity contribution in [2.24, 2.45) is 39.6 Å². The van der Waals surface area contributed by atoms with Gasteiger partial charge in [0.15, 0.2) is 0 Å². The van der Waals surface area contributed by atoms with E-state index in [1.54, 1.807) is 0 Å². The zero-order chi connectivity index (χ0) is 22.4. The molecule has 0 spiro atoms. The lowest BCUT2D eigenvalue weighted by Gasteiger charge is -2.41. The third kappa shape index (κ3) is 6.89. The lowest BCUT2D eigenvalue weighted by atomic mass is 9.68. The van der Waals surface area contributed by atoms with Crippen molar-refractivity contribution in [1.82, 2.24) is 5.32 Å². The quantitative estimate of drug-likeness (QED) is 0.431. The summed E-state index contributed by atoms with van der Waals surface area (Å²) in [6, 6.07) is 1.39. The summed E-state index contributed by atoms with van der Waals surface area (Å²) in [4.78, 5) is 10.6. The molecule has 2 aliphatic carbocycles. The lowest BCUT2D eigenvalue weighted by Crippen LogP contribution is -2.50. The average Bonchev–Trinajstić information content (AvgIpc) is 2.78. The average molecular weight is 430 g/mol. The molecular formula is C28H51N3. The molecule has 0 amide bonds. The fraction of sp³-hybridized carbons (Fsp3) is 0.929. The van der Waals surface area contributed by atoms with E-state index in [1.165, 1.54) is 82.1 Å². The van der Waals surface area contributed by atoms with E-state index in [1.807, 2.05) is 0 Å². The molecule has 4 atom stereocenters. The maximum absolute atomic E-state index is 5.49.